The lowest BCUT2D eigenvalue weighted by Crippen LogP contribution is -2.18. The van der Waals surface area contributed by atoms with Crippen LogP contribution in [0.4, 0.5) is 0 Å². The monoisotopic (exact) mass is 242 g/mol. The van der Waals surface area contributed by atoms with Crippen LogP contribution in [0.25, 0.3) is 0 Å². The van der Waals surface area contributed by atoms with Crippen molar-refractivity contribution in [2.75, 3.05) is 6.54 Å². The third-order valence-corrected chi connectivity index (χ3v) is 3.05. The molecule has 1 aromatic carbocycles. The van der Waals surface area contributed by atoms with E-state index in [9.17, 15) is 0 Å². The van der Waals surface area contributed by atoms with Crippen molar-refractivity contribution in [2.24, 2.45) is 5.73 Å². The maximum Gasteiger partial charge on any atom is 0.136 e. The number of nitrogens with zero attached hydrogens (tertiary/aromatic N) is 1. The Bertz CT molecular complexity index is 511. The minimum Gasteiger partial charge on any atom is -0.484 e. The molecule has 0 saturated heterocycles. The molecule has 0 aliphatic rings. The van der Waals surface area contributed by atoms with E-state index in [1.165, 1.54) is 11.1 Å². The summed E-state index contributed by atoms with van der Waals surface area (Å²) < 4.78 is 5.93. The normalized spacial score (nSPS) is 12.2. The number of aryl methyl sites for hydroxylation is 2. The first-order chi connectivity index (χ1) is 8.70. The number of pyridine rings is 1. The topological polar surface area (TPSA) is 48.1 Å². The van der Waals surface area contributed by atoms with Crippen LogP contribution in [-0.4, -0.2) is 11.5 Å². The zero-order chi connectivity index (χ0) is 13.0. The van der Waals surface area contributed by atoms with Gasteiger partial charge in [-0.15, -0.1) is 0 Å². The number of benzene rings is 1. The van der Waals surface area contributed by atoms with Crippen LogP contribution in [0.15, 0.2) is 42.7 Å². The van der Waals surface area contributed by atoms with Gasteiger partial charge >= 0.3 is 0 Å². The maximum absolute atomic E-state index is 5.93. The molecule has 1 aromatic heterocycles. The van der Waals surface area contributed by atoms with Crippen molar-refractivity contribution in [1.82, 2.24) is 4.98 Å². The Labute approximate surface area is 108 Å². The fourth-order valence-electron chi connectivity index (χ4n) is 1.78. The molecule has 0 radical (unpaired) electrons. The van der Waals surface area contributed by atoms with Gasteiger partial charge in [-0.3, -0.25) is 4.98 Å². The highest BCUT2D eigenvalue weighted by molar-refractivity contribution is 5.34. The van der Waals surface area contributed by atoms with Crippen molar-refractivity contribution in [3.05, 3.63) is 59.4 Å². The largest absolute Gasteiger partial charge is 0.484 e. The van der Waals surface area contributed by atoms with Gasteiger partial charge in [0, 0.05) is 18.9 Å². The summed E-state index contributed by atoms with van der Waals surface area (Å²) >= 11 is 0. The van der Waals surface area contributed by atoms with Crippen LogP contribution in [0.2, 0.25) is 0 Å². The zero-order valence-electron chi connectivity index (χ0n) is 10.8. The second kappa shape index (κ2) is 5.65. The predicted molar refractivity (Wildman–Crippen MR) is 72.6 cm³/mol. The number of aromatic nitrogens is 1. The molecule has 3 nitrogen and oxygen atoms in total. The summed E-state index contributed by atoms with van der Waals surface area (Å²) in [5.41, 5.74) is 9.30. The molecule has 0 bridgehead atoms. The van der Waals surface area contributed by atoms with Crippen LogP contribution >= 0.6 is 0 Å². The molecule has 1 atom stereocenters. The molecule has 0 aliphatic carbocycles. The Morgan fingerprint density at radius 1 is 1.11 bits per heavy atom. The maximum atomic E-state index is 5.93. The van der Waals surface area contributed by atoms with Crippen LogP contribution in [0, 0.1) is 13.8 Å². The number of ether oxygens (including phenoxy) is 1. The van der Waals surface area contributed by atoms with Crippen LogP contribution in [0.5, 0.6) is 5.75 Å². The van der Waals surface area contributed by atoms with Gasteiger partial charge in [0.2, 0.25) is 0 Å². The van der Waals surface area contributed by atoms with Crippen molar-refractivity contribution >= 4 is 0 Å². The van der Waals surface area contributed by atoms with Crippen molar-refractivity contribution in [2.45, 2.75) is 20.0 Å². The summed E-state index contributed by atoms with van der Waals surface area (Å²) in [4.78, 5) is 4.00. The Kier molecular flexibility index (Phi) is 3.95. The van der Waals surface area contributed by atoms with E-state index >= 15 is 0 Å². The summed E-state index contributed by atoms with van der Waals surface area (Å²) in [6, 6.07) is 9.94. The van der Waals surface area contributed by atoms with E-state index in [0.717, 1.165) is 11.3 Å². The van der Waals surface area contributed by atoms with E-state index in [1.54, 1.807) is 12.4 Å². The molecule has 94 valence electrons. The lowest BCUT2D eigenvalue weighted by atomic mass is 10.1. The van der Waals surface area contributed by atoms with Gasteiger partial charge in [0.1, 0.15) is 11.9 Å². The molecule has 2 N–H and O–H groups in total. The number of nitrogens with two attached hydrogens (primary N) is 1. The fourth-order valence-corrected chi connectivity index (χ4v) is 1.78. The fraction of sp³-hybridized carbons (Fsp3) is 0.267. The minimum absolute atomic E-state index is 0.130. The van der Waals surface area contributed by atoms with E-state index in [0.29, 0.717) is 6.54 Å². The molecule has 0 saturated carbocycles. The Balaban J connectivity index is 2.18. The highest BCUT2D eigenvalue weighted by Gasteiger charge is 2.11. The first-order valence-corrected chi connectivity index (χ1v) is 6.04. The highest BCUT2D eigenvalue weighted by Crippen LogP contribution is 2.23. The van der Waals surface area contributed by atoms with Gasteiger partial charge in [-0.2, -0.15) is 0 Å². The molecule has 18 heavy (non-hydrogen) atoms. The van der Waals surface area contributed by atoms with E-state index < -0.39 is 0 Å². The summed E-state index contributed by atoms with van der Waals surface area (Å²) in [5, 5.41) is 0. The van der Waals surface area contributed by atoms with Gasteiger partial charge in [-0.25, -0.2) is 0 Å². The van der Waals surface area contributed by atoms with Gasteiger partial charge in [-0.1, -0.05) is 6.07 Å². The molecule has 1 unspecified atom stereocenters. The minimum atomic E-state index is -0.130. The van der Waals surface area contributed by atoms with Crippen molar-refractivity contribution in [3.8, 4) is 5.75 Å². The second-order valence-corrected chi connectivity index (χ2v) is 4.37. The molecule has 2 rings (SSSR count). The van der Waals surface area contributed by atoms with Crippen LogP contribution in [-0.2, 0) is 0 Å². The van der Waals surface area contributed by atoms with Crippen LogP contribution in [0.3, 0.4) is 0 Å². The molecule has 2 aromatic rings. The molecule has 3 heteroatoms. The standard InChI is InChI=1S/C15H18N2O/c1-11-3-4-14(9-12(11)2)18-15(10-16)13-5-7-17-8-6-13/h3-9,15H,10,16H2,1-2H3. The average molecular weight is 242 g/mol. The van der Waals surface area contributed by atoms with Crippen LogP contribution < -0.4 is 10.5 Å². The lowest BCUT2D eigenvalue weighted by molar-refractivity contribution is 0.214. The zero-order valence-corrected chi connectivity index (χ0v) is 10.8. The SMILES string of the molecule is Cc1ccc(OC(CN)c2ccncc2)cc1C. The summed E-state index contributed by atoms with van der Waals surface area (Å²) in [6.07, 6.45) is 3.37. The molecule has 0 aliphatic heterocycles. The number of rotatable bonds is 4. The first kappa shape index (κ1) is 12.6. The summed E-state index contributed by atoms with van der Waals surface area (Å²) in [7, 11) is 0. The van der Waals surface area contributed by atoms with E-state index in [1.807, 2.05) is 24.3 Å². The van der Waals surface area contributed by atoms with Gasteiger partial charge in [0.25, 0.3) is 0 Å². The van der Waals surface area contributed by atoms with Gasteiger partial charge < -0.3 is 10.5 Å². The third-order valence-electron chi connectivity index (χ3n) is 3.05. The molecular formula is C15H18N2O. The Morgan fingerprint density at radius 3 is 2.44 bits per heavy atom. The van der Waals surface area contributed by atoms with Gasteiger partial charge in [-0.05, 0) is 54.8 Å². The smallest absolute Gasteiger partial charge is 0.136 e. The summed E-state index contributed by atoms with van der Waals surface area (Å²) in [6.45, 7) is 4.60. The number of hydrogen-bond donors (Lipinski definition) is 1. The van der Waals surface area contributed by atoms with Gasteiger partial charge in [0.15, 0.2) is 0 Å². The molecular weight excluding hydrogens is 224 g/mol. The molecule has 0 amide bonds. The van der Waals surface area contributed by atoms with E-state index in [-0.39, 0.29) is 6.10 Å². The van der Waals surface area contributed by atoms with Crippen LogP contribution in [0.1, 0.15) is 22.8 Å². The molecule has 1 heterocycles. The Morgan fingerprint density at radius 2 is 1.83 bits per heavy atom. The molecule has 0 spiro atoms. The molecule has 0 fully saturated rings. The van der Waals surface area contributed by atoms with Crippen molar-refractivity contribution < 1.29 is 4.74 Å². The van der Waals surface area contributed by atoms with Gasteiger partial charge in [0.05, 0.1) is 0 Å². The average Bonchev–Trinajstić information content (AvgIpc) is 2.41. The quantitative estimate of drug-likeness (QED) is 0.896. The van der Waals surface area contributed by atoms with Crippen molar-refractivity contribution in [3.63, 3.8) is 0 Å². The lowest BCUT2D eigenvalue weighted by Gasteiger charge is -2.18. The highest BCUT2D eigenvalue weighted by atomic mass is 16.5. The number of hydrogen-bond acceptors (Lipinski definition) is 3. The summed E-state index contributed by atoms with van der Waals surface area (Å²) in [5.74, 6) is 0.852. The van der Waals surface area contributed by atoms with E-state index in [4.69, 9.17) is 10.5 Å². The third kappa shape index (κ3) is 2.87. The van der Waals surface area contributed by atoms with E-state index in [2.05, 4.69) is 24.9 Å². The second-order valence-electron chi connectivity index (χ2n) is 4.37. The Hall–Kier alpha value is -1.87. The van der Waals surface area contributed by atoms with Crippen molar-refractivity contribution in [1.29, 1.82) is 0 Å². The first-order valence-electron chi connectivity index (χ1n) is 6.04. The predicted octanol–water partition coefficient (Wildman–Crippen LogP) is 2.78.